The Balaban J connectivity index is 2.03. The van der Waals surface area contributed by atoms with Crippen LogP contribution in [0.5, 0.6) is 0 Å². The summed E-state index contributed by atoms with van der Waals surface area (Å²) < 4.78 is 0. The van der Waals surface area contributed by atoms with Gasteiger partial charge in [0.05, 0.1) is 16.1 Å². The highest BCUT2D eigenvalue weighted by Gasteiger charge is 2.33. The lowest BCUT2D eigenvalue weighted by Gasteiger charge is -2.07. The van der Waals surface area contributed by atoms with Crippen molar-refractivity contribution >= 4 is 39.9 Å². The molecule has 0 amide bonds. The van der Waals surface area contributed by atoms with E-state index in [9.17, 15) is 4.79 Å². The van der Waals surface area contributed by atoms with Crippen LogP contribution in [0.15, 0.2) is 48.2 Å². The first-order valence-electron chi connectivity index (χ1n) is 7.50. The molecule has 5 heteroatoms. The Morgan fingerprint density at radius 1 is 1.17 bits per heavy atom. The fourth-order valence-corrected chi connectivity index (χ4v) is 4.06. The fraction of sp³-hybridized carbons (Fsp3) is 0.105. The maximum Gasteiger partial charge on any atom is 0.194 e. The van der Waals surface area contributed by atoms with E-state index in [1.54, 1.807) is 23.7 Å². The number of carbonyl (C=O) groups is 1. The molecule has 3 nitrogen and oxygen atoms in total. The van der Waals surface area contributed by atoms with Crippen molar-refractivity contribution < 1.29 is 4.79 Å². The van der Waals surface area contributed by atoms with E-state index in [1.807, 2.05) is 42.8 Å². The molecule has 0 aliphatic heterocycles. The van der Waals surface area contributed by atoms with Crippen molar-refractivity contribution in [2.75, 3.05) is 0 Å². The van der Waals surface area contributed by atoms with Crippen LogP contribution in [0.25, 0.3) is 11.1 Å². The number of Topliss-reactive ketones (excluding diaryl/α,β-unsaturated/α-hetero) is 1. The topological polar surface area (TPSA) is 42.9 Å². The van der Waals surface area contributed by atoms with Crippen LogP contribution in [0.3, 0.4) is 0 Å². The van der Waals surface area contributed by atoms with Gasteiger partial charge in [0.25, 0.3) is 0 Å². The molecule has 0 saturated carbocycles. The maximum atomic E-state index is 13.1. The lowest BCUT2D eigenvalue weighted by atomic mass is 9.99. The Morgan fingerprint density at radius 3 is 2.71 bits per heavy atom. The average Bonchev–Trinajstić information content (AvgIpc) is 3.16. The van der Waals surface area contributed by atoms with Crippen LogP contribution in [0, 0.1) is 6.92 Å². The van der Waals surface area contributed by atoms with E-state index < -0.39 is 0 Å². The van der Waals surface area contributed by atoms with Crippen molar-refractivity contribution in [2.24, 2.45) is 0 Å². The summed E-state index contributed by atoms with van der Waals surface area (Å²) in [4.78, 5) is 22.7. The summed E-state index contributed by atoms with van der Waals surface area (Å²) in [5.74, 6) is 0.408. The second-order valence-corrected chi connectivity index (χ2v) is 6.72. The Bertz CT molecular complexity index is 976. The van der Waals surface area contributed by atoms with Gasteiger partial charge in [-0.3, -0.25) is 9.78 Å². The highest BCUT2D eigenvalue weighted by atomic mass is 35.5. The third-order valence-corrected chi connectivity index (χ3v) is 5.41. The third-order valence-electron chi connectivity index (χ3n) is 4.15. The van der Waals surface area contributed by atoms with E-state index in [0.29, 0.717) is 17.0 Å². The number of aryl methyl sites for hydroxylation is 1. The summed E-state index contributed by atoms with van der Waals surface area (Å²) in [5, 5.41) is 0. The number of thiazole rings is 1. The van der Waals surface area contributed by atoms with Crippen LogP contribution < -0.4 is 0 Å². The number of nitrogens with zero attached hydrogens (tertiary/aromatic N) is 2. The number of carbonyl (C=O) groups excluding carboxylic acids is 1. The zero-order valence-corrected chi connectivity index (χ0v) is 14.5. The molecule has 0 atom stereocenters. The predicted molar refractivity (Wildman–Crippen MR) is 97.3 cm³/mol. The van der Waals surface area contributed by atoms with E-state index in [4.69, 9.17) is 11.6 Å². The number of hydrogen-bond donors (Lipinski definition) is 0. The van der Waals surface area contributed by atoms with Gasteiger partial charge in [-0.1, -0.05) is 18.2 Å². The zero-order chi connectivity index (χ0) is 16.7. The molecular weight excluding hydrogens is 340 g/mol. The summed E-state index contributed by atoms with van der Waals surface area (Å²) in [7, 11) is 0. The van der Waals surface area contributed by atoms with Crippen molar-refractivity contribution in [3.63, 3.8) is 0 Å². The van der Waals surface area contributed by atoms with Crippen LogP contribution in [0.2, 0.25) is 0 Å². The van der Waals surface area contributed by atoms with E-state index >= 15 is 0 Å². The van der Waals surface area contributed by atoms with Gasteiger partial charge < -0.3 is 0 Å². The van der Waals surface area contributed by atoms with Gasteiger partial charge in [0.15, 0.2) is 5.78 Å². The normalized spacial score (nSPS) is 13.5. The number of hydrogen-bond acceptors (Lipinski definition) is 4. The van der Waals surface area contributed by atoms with Crippen LogP contribution in [-0.4, -0.2) is 15.8 Å². The number of halogens is 1. The van der Waals surface area contributed by atoms with Gasteiger partial charge in [-0.15, -0.1) is 22.9 Å². The minimum atomic E-state index is 0.0211. The largest absolute Gasteiger partial charge is 0.289 e. The number of ketones is 1. The fourth-order valence-electron chi connectivity index (χ4n) is 3.03. The molecule has 1 aliphatic carbocycles. The smallest absolute Gasteiger partial charge is 0.194 e. The molecule has 1 aliphatic rings. The van der Waals surface area contributed by atoms with Gasteiger partial charge in [0.1, 0.15) is 0 Å². The van der Waals surface area contributed by atoms with Crippen molar-refractivity contribution in [1.29, 1.82) is 0 Å². The van der Waals surface area contributed by atoms with Gasteiger partial charge >= 0.3 is 0 Å². The van der Waals surface area contributed by atoms with Gasteiger partial charge in [-0.25, -0.2) is 4.98 Å². The molecule has 118 valence electrons. The molecule has 4 rings (SSSR count). The molecule has 0 saturated heterocycles. The molecule has 1 aromatic carbocycles. The lowest BCUT2D eigenvalue weighted by molar-refractivity contribution is 0.105. The number of allylic oxidation sites excluding steroid dienone is 1. The van der Waals surface area contributed by atoms with Gasteiger partial charge in [0, 0.05) is 40.5 Å². The Morgan fingerprint density at radius 2 is 2.04 bits per heavy atom. The van der Waals surface area contributed by atoms with Gasteiger partial charge in [-0.05, 0) is 30.2 Å². The Labute approximate surface area is 148 Å². The molecule has 2 heterocycles. The first kappa shape index (κ1) is 15.2. The van der Waals surface area contributed by atoms with Crippen molar-refractivity contribution in [3.05, 3.63) is 81.1 Å². The van der Waals surface area contributed by atoms with Crippen molar-refractivity contribution in [3.8, 4) is 0 Å². The summed E-state index contributed by atoms with van der Waals surface area (Å²) >= 11 is 7.50. The molecule has 0 radical (unpaired) electrons. The van der Waals surface area contributed by atoms with E-state index in [1.165, 1.54) is 0 Å². The highest BCUT2D eigenvalue weighted by molar-refractivity contribution is 7.11. The molecule has 0 spiro atoms. The number of aromatic nitrogens is 2. The number of fused-ring (bicyclic) bond motifs is 1. The van der Waals surface area contributed by atoms with Crippen LogP contribution in [0.1, 0.15) is 37.6 Å². The average molecular weight is 353 g/mol. The first-order chi connectivity index (χ1) is 11.7. The van der Waals surface area contributed by atoms with Crippen molar-refractivity contribution in [1.82, 2.24) is 9.97 Å². The standard InChI is InChI=1S/C19H13ClN2OS/c1-11-19(24-10-22-11)17-14-5-4-12(8-20)7-15(14)18(23)16(17)13-3-2-6-21-9-13/h2-7,9-10H,8H2,1H3. The maximum absolute atomic E-state index is 13.1. The highest BCUT2D eigenvalue weighted by Crippen LogP contribution is 2.44. The molecule has 0 fully saturated rings. The first-order valence-corrected chi connectivity index (χ1v) is 8.91. The van der Waals surface area contributed by atoms with E-state index in [0.717, 1.165) is 32.8 Å². The molecule has 0 N–H and O–H groups in total. The number of rotatable bonds is 3. The minimum Gasteiger partial charge on any atom is -0.289 e. The van der Waals surface area contributed by atoms with Crippen molar-refractivity contribution in [2.45, 2.75) is 12.8 Å². The molecule has 0 bridgehead atoms. The molecule has 2 aromatic heterocycles. The van der Waals surface area contributed by atoms with Gasteiger partial charge in [-0.2, -0.15) is 0 Å². The minimum absolute atomic E-state index is 0.0211. The molecule has 24 heavy (non-hydrogen) atoms. The lowest BCUT2D eigenvalue weighted by Crippen LogP contribution is -1.99. The second kappa shape index (κ2) is 5.96. The van der Waals surface area contributed by atoms with E-state index in [2.05, 4.69) is 9.97 Å². The monoisotopic (exact) mass is 352 g/mol. The summed E-state index contributed by atoms with van der Waals surface area (Å²) in [6.45, 7) is 1.97. The Kier molecular flexibility index (Phi) is 3.79. The number of pyridine rings is 1. The Hall–Kier alpha value is -2.30. The SMILES string of the molecule is Cc1ncsc1C1=C(c2cccnc2)C(=O)c2cc(CCl)ccc21. The molecule has 0 unspecified atom stereocenters. The zero-order valence-electron chi connectivity index (χ0n) is 12.9. The van der Waals surface area contributed by atoms with Crippen LogP contribution >= 0.6 is 22.9 Å². The molecular formula is C19H13ClN2OS. The second-order valence-electron chi connectivity index (χ2n) is 5.60. The van der Waals surface area contributed by atoms with E-state index in [-0.39, 0.29) is 5.78 Å². The van der Waals surface area contributed by atoms with Crippen LogP contribution in [-0.2, 0) is 5.88 Å². The predicted octanol–water partition coefficient (Wildman–Crippen LogP) is 4.74. The molecule has 3 aromatic rings. The van der Waals surface area contributed by atoms with Gasteiger partial charge in [0.2, 0.25) is 0 Å². The third kappa shape index (κ3) is 2.30. The van der Waals surface area contributed by atoms with Crippen LogP contribution in [0.4, 0.5) is 0 Å². The quantitative estimate of drug-likeness (QED) is 0.639. The summed E-state index contributed by atoms with van der Waals surface area (Å²) in [6, 6.07) is 9.62. The summed E-state index contributed by atoms with van der Waals surface area (Å²) in [6.07, 6.45) is 3.44. The number of benzene rings is 1. The number of alkyl halides is 1. The summed E-state index contributed by atoms with van der Waals surface area (Å²) in [5.41, 5.74) is 7.80.